The lowest BCUT2D eigenvalue weighted by molar-refractivity contribution is 0.0250. The minimum atomic E-state index is -0.632. The van der Waals surface area contributed by atoms with Crippen molar-refractivity contribution in [3.05, 3.63) is 29.3 Å². The molecule has 0 bridgehead atoms. The normalized spacial score (nSPS) is 9.88. The van der Waals surface area contributed by atoms with Crippen LogP contribution in [0.15, 0.2) is 18.2 Å². The number of ether oxygens (including phenoxy) is 1. The van der Waals surface area contributed by atoms with E-state index in [4.69, 9.17) is 10.6 Å². The first kappa shape index (κ1) is 12.3. The molecule has 0 saturated carbocycles. The zero-order valence-corrected chi connectivity index (χ0v) is 9.45. The highest BCUT2D eigenvalue weighted by Crippen LogP contribution is 2.18. The van der Waals surface area contributed by atoms with Gasteiger partial charge >= 0.3 is 6.09 Å². The minimum absolute atomic E-state index is 0.227. The van der Waals surface area contributed by atoms with Crippen molar-refractivity contribution in [2.75, 3.05) is 12.8 Å². The van der Waals surface area contributed by atoms with Crippen molar-refractivity contribution < 1.29 is 14.4 Å². The average molecular weight is 224 g/mol. The van der Waals surface area contributed by atoms with Crippen molar-refractivity contribution in [2.24, 2.45) is 0 Å². The molecule has 16 heavy (non-hydrogen) atoms. The quantitative estimate of drug-likeness (QED) is 0.602. The second kappa shape index (κ2) is 5.97. The fourth-order valence-electron chi connectivity index (χ4n) is 1.37. The van der Waals surface area contributed by atoms with E-state index in [0.717, 1.165) is 17.5 Å². The Labute approximate surface area is 94.5 Å². The largest absolute Gasteiger partial charge is 0.451 e. The van der Waals surface area contributed by atoms with Crippen LogP contribution in [0.1, 0.15) is 18.1 Å². The summed E-state index contributed by atoms with van der Waals surface area (Å²) < 4.78 is 4.37. The lowest BCUT2D eigenvalue weighted by Crippen LogP contribution is -2.23. The third-order valence-corrected chi connectivity index (χ3v) is 2.25. The Hall–Kier alpha value is -1.75. The Morgan fingerprint density at radius 1 is 1.50 bits per heavy atom. The van der Waals surface area contributed by atoms with E-state index >= 15 is 0 Å². The molecule has 0 unspecified atom stereocenters. The lowest BCUT2D eigenvalue weighted by atomic mass is 10.0. The van der Waals surface area contributed by atoms with Crippen LogP contribution in [0.5, 0.6) is 0 Å². The van der Waals surface area contributed by atoms with E-state index in [1.165, 1.54) is 7.11 Å². The first-order chi connectivity index (χ1) is 7.69. The van der Waals surface area contributed by atoms with E-state index in [9.17, 15) is 4.79 Å². The molecule has 0 atom stereocenters. The fraction of sp³-hybridized carbons (Fsp3) is 0.364. The Morgan fingerprint density at radius 3 is 2.88 bits per heavy atom. The summed E-state index contributed by atoms with van der Waals surface area (Å²) in [6, 6.07) is 5.68. The zero-order valence-electron chi connectivity index (χ0n) is 9.45. The number of methoxy groups -OCH3 is 1. The molecule has 0 radical (unpaired) electrons. The molecule has 3 N–H and O–H groups in total. The summed E-state index contributed by atoms with van der Waals surface area (Å²) in [5, 5.41) is 0. The Balaban J connectivity index is 2.62. The molecule has 0 aliphatic rings. The van der Waals surface area contributed by atoms with Gasteiger partial charge in [0.15, 0.2) is 0 Å². The van der Waals surface area contributed by atoms with Crippen LogP contribution in [0.2, 0.25) is 0 Å². The van der Waals surface area contributed by atoms with Gasteiger partial charge in [0.05, 0.1) is 7.11 Å². The molecule has 0 spiro atoms. The van der Waals surface area contributed by atoms with Gasteiger partial charge in [-0.2, -0.15) is 5.48 Å². The first-order valence-electron chi connectivity index (χ1n) is 5.01. The molecule has 0 saturated heterocycles. The van der Waals surface area contributed by atoms with Gasteiger partial charge in [-0.25, -0.2) is 4.79 Å². The van der Waals surface area contributed by atoms with Gasteiger partial charge in [0.25, 0.3) is 0 Å². The van der Waals surface area contributed by atoms with Gasteiger partial charge in [-0.1, -0.05) is 19.1 Å². The van der Waals surface area contributed by atoms with E-state index in [1.807, 2.05) is 19.1 Å². The topological polar surface area (TPSA) is 73.6 Å². The number of benzene rings is 1. The molecule has 0 fully saturated rings. The lowest BCUT2D eigenvalue weighted by Gasteiger charge is -2.11. The van der Waals surface area contributed by atoms with Crippen molar-refractivity contribution in [1.82, 2.24) is 5.48 Å². The molecule has 0 heterocycles. The van der Waals surface area contributed by atoms with E-state index < -0.39 is 6.09 Å². The SMILES string of the molecule is CCc1cccc(N)c1CONC(=O)OC. The van der Waals surface area contributed by atoms with Gasteiger partial charge in [0.2, 0.25) is 0 Å². The highest BCUT2D eigenvalue weighted by atomic mass is 16.7. The average Bonchev–Trinajstić information content (AvgIpc) is 2.30. The molecule has 0 aliphatic heterocycles. The predicted octanol–water partition coefficient (Wildman–Crippen LogP) is 1.62. The third kappa shape index (κ3) is 3.13. The number of hydrogen-bond donors (Lipinski definition) is 2. The second-order valence-electron chi connectivity index (χ2n) is 3.22. The summed E-state index contributed by atoms with van der Waals surface area (Å²) in [5.74, 6) is 0. The molecule has 1 amide bonds. The molecule has 1 aromatic carbocycles. The van der Waals surface area contributed by atoms with Crippen LogP contribution in [-0.2, 0) is 22.6 Å². The maximum absolute atomic E-state index is 10.8. The predicted molar refractivity (Wildman–Crippen MR) is 60.6 cm³/mol. The van der Waals surface area contributed by atoms with E-state index in [-0.39, 0.29) is 6.61 Å². The summed E-state index contributed by atoms with van der Waals surface area (Å²) >= 11 is 0. The smallest absolute Gasteiger partial charge is 0.431 e. The van der Waals surface area contributed by atoms with E-state index in [0.29, 0.717) is 5.69 Å². The molecule has 0 aromatic heterocycles. The monoisotopic (exact) mass is 224 g/mol. The highest BCUT2D eigenvalue weighted by molar-refractivity contribution is 5.65. The van der Waals surface area contributed by atoms with E-state index in [1.54, 1.807) is 6.07 Å². The van der Waals surface area contributed by atoms with Gasteiger partial charge < -0.3 is 10.5 Å². The van der Waals surface area contributed by atoms with Crippen LogP contribution in [0.3, 0.4) is 0 Å². The summed E-state index contributed by atoms with van der Waals surface area (Å²) in [4.78, 5) is 15.7. The maximum Gasteiger partial charge on any atom is 0.431 e. The summed E-state index contributed by atoms with van der Waals surface area (Å²) in [7, 11) is 1.27. The Morgan fingerprint density at radius 2 is 2.25 bits per heavy atom. The minimum Gasteiger partial charge on any atom is -0.451 e. The van der Waals surface area contributed by atoms with Gasteiger partial charge in [-0.15, -0.1) is 0 Å². The molecular formula is C11H16N2O3. The third-order valence-electron chi connectivity index (χ3n) is 2.25. The highest BCUT2D eigenvalue weighted by Gasteiger charge is 2.06. The number of hydroxylamine groups is 1. The van der Waals surface area contributed by atoms with Gasteiger partial charge in [-0.3, -0.25) is 4.84 Å². The number of carbonyl (C=O) groups excluding carboxylic acids is 1. The number of aryl methyl sites for hydroxylation is 1. The van der Waals surface area contributed by atoms with Crippen LogP contribution in [0.25, 0.3) is 0 Å². The van der Waals surface area contributed by atoms with Crippen LogP contribution < -0.4 is 11.2 Å². The van der Waals surface area contributed by atoms with Crippen molar-refractivity contribution in [3.63, 3.8) is 0 Å². The van der Waals surface area contributed by atoms with Crippen molar-refractivity contribution in [1.29, 1.82) is 0 Å². The van der Waals surface area contributed by atoms with Crippen LogP contribution in [-0.4, -0.2) is 13.2 Å². The zero-order chi connectivity index (χ0) is 12.0. The molecule has 5 nitrogen and oxygen atoms in total. The Bertz CT molecular complexity index is 366. The summed E-state index contributed by atoms with van der Waals surface area (Å²) in [5.41, 5.74) is 10.6. The van der Waals surface area contributed by atoms with Crippen LogP contribution >= 0.6 is 0 Å². The summed E-state index contributed by atoms with van der Waals surface area (Å²) in [6.45, 7) is 2.26. The van der Waals surface area contributed by atoms with Gasteiger partial charge in [-0.05, 0) is 18.1 Å². The summed E-state index contributed by atoms with van der Waals surface area (Å²) in [6.07, 6.45) is 0.231. The van der Waals surface area contributed by atoms with Crippen molar-refractivity contribution in [3.8, 4) is 0 Å². The molecular weight excluding hydrogens is 208 g/mol. The van der Waals surface area contributed by atoms with E-state index in [2.05, 4.69) is 10.2 Å². The number of hydrogen-bond acceptors (Lipinski definition) is 4. The number of nitrogens with two attached hydrogens (primary N) is 1. The Kier molecular flexibility index (Phi) is 4.60. The second-order valence-corrected chi connectivity index (χ2v) is 3.22. The van der Waals surface area contributed by atoms with Crippen LogP contribution in [0, 0.1) is 0 Å². The molecule has 1 aromatic rings. The number of amides is 1. The number of nitrogen functional groups attached to an aromatic ring is 1. The molecule has 5 heteroatoms. The molecule has 88 valence electrons. The van der Waals surface area contributed by atoms with Gasteiger partial charge in [0, 0.05) is 11.3 Å². The van der Waals surface area contributed by atoms with Gasteiger partial charge in [0.1, 0.15) is 6.61 Å². The van der Waals surface area contributed by atoms with Crippen molar-refractivity contribution >= 4 is 11.8 Å². The number of rotatable bonds is 4. The molecule has 0 aliphatic carbocycles. The maximum atomic E-state index is 10.8. The molecule has 1 rings (SSSR count). The fourth-order valence-corrected chi connectivity index (χ4v) is 1.37. The van der Waals surface area contributed by atoms with Crippen molar-refractivity contribution in [2.45, 2.75) is 20.0 Å². The number of anilines is 1. The number of carbonyl (C=O) groups is 1. The van der Waals surface area contributed by atoms with Crippen LogP contribution in [0.4, 0.5) is 10.5 Å². The standard InChI is InChI=1S/C11H16N2O3/c1-3-8-5-4-6-10(12)9(8)7-16-13-11(14)15-2/h4-6H,3,7,12H2,1-2H3,(H,13,14). The number of nitrogens with one attached hydrogen (secondary N) is 1. The first-order valence-corrected chi connectivity index (χ1v) is 5.01.